The van der Waals surface area contributed by atoms with Gasteiger partial charge in [-0.15, -0.1) is 0 Å². The first-order valence-electron chi connectivity index (χ1n) is 4.91. The molecule has 1 aromatic rings. The van der Waals surface area contributed by atoms with Gasteiger partial charge in [-0.25, -0.2) is 9.18 Å². The second kappa shape index (κ2) is 3.62. The van der Waals surface area contributed by atoms with Crippen molar-refractivity contribution in [3.05, 3.63) is 34.6 Å². The van der Waals surface area contributed by atoms with E-state index >= 15 is 0 Å². The average molecular weight is 209 g/mol. The Morgan fingerprint density at radius 2 is 2.27 bits per heavy atom. The van der Waals surface area contributed by atoms with Crippen LogP contribution in [0.3, 0.4) is 0 Å². The average Bonchev–Trinajstić information content (AvgIpc) is 2.16. The highest BCUT2D eigenvalue weighted by atomic mass is 19.1. The molecule has 4 heteroatoms. The summed E-state index contributed by atoms with van der Waals surface area (Å²) in [6.45, 7) is 0. The quantitative estimate of drug-likeness (QED) is 0.742. The van der Waals surface area contributed by atoms with Crippen LogP contribution in [0.1, 0.15) is 40.4 Å². The summed E-state index contributed by atoms with van der Waals surface area (Å²) < 4.78 is 13.3. The normalized spacial score (nSPS) is 19.7. The molecular formula is C11H12FNO2. The summed E-state index contributed by atoms with van der Waals surface area (Å²) in [5, 5.41) is 8.77. The summed E-state index contributed by atoms with van der Waals surface area (Å²) >= 11 is 0. The topological polar surface area (TPSA) is 63.3 Å². The van der Waals surface area contributed by atoms with Crippen molar-refractivity contribution in [2.45, 2.75) is 25.3 Å². The van der Waals surface area contributed by atoms with Crippen LogP contribution in [0.2, 0.25) is 0 Å². The second-order valence-corrected chi connectivity index (χ2v) is 3.83. The molecule has 3 nitrogen and oxygen atoms in total. The lowest BCUT2D eigenvalue weighted by atomic mass is 9.87. The van der Waals surface area contributed by atoms with Gasteiger partial charge in [0.15, 0.2) is 0 Å². The first-order valence-corrected chi connectivity index (χ1v) is 4.91. The number of hydrogen-bond acceptors (Lipinski definition) is 2. The van der Waals surface area contributed by atoms with Crippen molar-refractivity contribution in [3.8, 4) is 0 Å². The molecule has 0 radical (unpaired) electrons. The molecule has 0 saturated carbocycles. The van der Waals surface area contributed by atoms with Crippen LogP contribution in [0.4, 0.5) is 4.39 Å². The molecule has 1 aliphatic carbocycles. The third kappa shape index (κ3) is 1.72. The van der Waals surface area contributed by atoms with Crippen molar-refractivity contribution >= 4 is 5.97 Å². The molecular weight excluding hydrogens is 197 g/mol. The highest BCUT2D eigenvalue weighted by Gasteiger charge is 2.21. The van der Waals surface area contributed by atoms with Gasteiger partial charge in [0.05, 0.1) is 5.56 Å². The Kier molecular flexibility index (Phi) is 2.44. The van der Waals surface area contributed by atoms with Crippen LogP contribution < -0.4 is 5.73 Å². The zero-order chi connectivity index (χ0) is 11.0. The van der Waals surface area contributed by atoms with Gasteiger partial charge in [-0.1, -0.05) is 0 Å². The molecule has 0 aliphatic heterocycles. The highest BCUT2D eigenvalue weighted by molar-refractivity contribution is 5.88. The van der Waals surface area contributed by atoms with Crippen molar-refractivity contribution < 1.29 is 14.3 Å². The number of halogens is 1. The predicted octanol–water partition coefficient (Wildman–Crippen LogP) is 1.86. The zero-order valence-electron chi connectivity index (χ0n) is 8.16. The van der Waals surface area contributed by atoms with Gasteiger partial charge in [-0.05, 0) is 42.5 Å². The molecule has 0 aromatic heterocycles. The third-order valence-electron chi connectivity index (χ3n) is 2.82. The van der Waals surface area contributed by atoms with Crippen LogP contribution in [-0.2, 0) is 6.42 Å². The molecule has 1 aliphatic rings. The molecule has 0 saturated heterocycles. The van der Waals surface area contributed by atoms with Crippen LogP contribution >= 0.6 is 0 Å². The molecule has 0 fully saturated rings. The van der Waals surface area contributed by atoms with Crippen molar-refractivity contribution in [2.24, 2.45) is 5.73 Å². The lowest BCUT2D eigenvalue weighted by molar-refractivity contribution is 0.0691. The number of hydrogen-bond donors (Lipinski definition) is 2. The van der Waals surface area contributed by atoms with E-state index in [1.807, 2.05) is 0 Å². The van der Waals surface area contributed by atoms with Crippen LogP contribution in [0, 0.1) is 5.82 Å². The predicted molar refractivity (Wildman–Crippen MR) is 53.2 cm³/mol. The molecule has 80 valence electrons. The number of rotatable bonds is 1. The fourth-order valence-corrected chi connectivity index (χ4v) is 2.02. The third-order valence-corrected chi connectivity index (χ3v) is 2.82. The van der Waals surface area contributed by atoms with Crippen LogP contribution in [0.5, 0.6) is 0 Å². The number of aromatic carboxylic acids is 1. The minimum absolute atomic E-state index is 0.160. The van der Waals surface area contributed by atoms with Gasteiger partial charge in [-0.3, -0.25) is 0 Å². The largest absolute Gasteiger partial charge is 0.478 e. The van der Waals surface area contributed by atoms with Crippen LogP contribution in [0.25, 0.3) is 0 Å². The number of carboxylic acid groups (broad SMARTS) is 1. The maximum absolute atomic E-state index is 13.3. The Morgan fingerprint density at radius 3 is 2.93 bits per heavy atom. The number of carbonyl (C=O) groups is 1. The fourth-order valence-electron chi connectivity index (χ4n) is 2.02. The minimum atomic E-state index is -1.24. The van der Waals surface area contributed by atoms with Crippen molar-refractivity contribution in [2.75, 3.05) is 0 Å². The Morgan fingerprint density at radius 1 is 1.53 bits per heavy atom. The molecule has 0 bridgehead atoms. The fraction of sp³-hybridized carbons (Fsp3) is 0.364. The number of fused-ring (bicyclic) bond motifs is 1. The molecule has 15 heavy (non-hydrogen) atoms. The maximum atomic E-state index is 13.3. The SMILES string of the molecule is N[C@@H]1CCCc2cc(F)c(C(=O)O)cc21. The van der Waals surface area contributed by atoms with Crippen molar-refractivity contribution in [1.29, 1.82) is 0 Å². The van der Waals surface area contributed by atoms with Gasteiger partial charge >= 0.3 is 5.97 Å². The number of aryl methyl sites for hydroxylation is 1. The Balaban J connectivity index is 2.55. The van der Waals surface area contributed by atoms with Gasteiger partial charge in [-0.2, -0.15) is 0 Å². The smallest absolute Gasteiger partial charge is 0.338 e. The second-order valence-electron chi connectivity index (χ2n) is 3.83. The molecule has 2 rings (SSSR count). The summed E-state index contributed by atoms with van der Waals surface area (Å²) in [5.41, 5.74) is 7.19. The first kappa shape index (κ1) is 10.1. The molecule has 0 unspecified atom stereocenters. The van der Waals surface area contributed by atoms with E-state index in [-0.39, 0.29) is 11.6 Å². The van der Waals surface area contributed by atoms with E-state index < -0.39 is 11.8 Å². The van der Waals surface area contributed by atoms with E-state index in [9.17, 15) is 9.18 Å². The lowest BCUT2D eigenvalue weighted by Crippen LogP contribution is -2.19. The summed E-state index contributed by atoms with van der Waals surface area (Å²) in [7, 11) is 0. The number of benzene rings is 1. The van der Waals surface area contributed by atoms with Gasteiger partial charge in [0.1, 0.15) is 5.82 Å². The molecule has 1 atom stereocenters. The Bertz CT molecular complexity index is 417. The van der Waals surface area contributed by atoms with Crippen LogP contribution in [-0.4, -0.2) is 11.1 Å². The van der Waals surface area contributed by atoms with E-state index in [1.165, 1.54) is 12.1 Å². The number of nitrogens with two attached hydrogens (primary N) is 1. The van der Waals surface area contributed by atoms with Crippen LogP contribution in [0.15, 0.2) is 12.1 Å². The standard InChI is InChI=1S/C11H12FNO2/c12-9-4-6-2-1-3-10(13)7(6)5-8(9)11(14)15/h4-5,10H,1-3,13H2,(H,14,15)/t10-/m1/s1. The number of carboxylic acids is 1. The van der Waals surface area contributed by atoms with Gasteiger partial charge < -0.3 is 10.8 Å². The highest BCUT2D eigenvalue weighted by Crippen LogP contribution is 2.29. The van der Waals surface area contributed by atoms with E-state index in [0.717, 1.165) is 30.4 Å². The first-order chi connectivity index (χ1) is 7.09. The van der Waals surface area contributed by atoms with E-state index in [2.05, 4.69) is 0 Å². The Hall–Kier alpha value is -1.42. The zero-order valence-corrected chi connectivity index (χ0v) is 8.16. The van der Waals surface area contributed by atoms with E-state index in [0.29, 0.717) is 0 Å². The van der Waals surface area contributed by atoms with Crippen molar-refractivity contribution in [1.82, 2.24) is 0 Å². The molecule has 3 N–H and O–H groups in total. The molecule has 1 aromatic carbocycles. The monoisotopic (exact) mass is 209 g/mol. The molecule has 0 heterocycles. The van der Waals surface area contributed by atoms with E-state index in [4.69, 9.17) is 10.8 Å². The molecule has 0 spiro atoms. The minimum Gasteiger partial charge on any atom is -0.478 e. The summed E-state index contributed by atoms with van der Waals surface area (Å²) in [5.74, 6) is -1.91. The summed E-state index contributed by atoms with van der Waals surface area (Å²) in [6.07, 6.45) is 2.54. The molecule has 0 amide bonds. The summed E-state index contributed by atoms with van der Waals surface area (Å²) in [6, 6.07) is 2.52. The van der Waals surface area contributed by atoms with Gasteiger partial charge in [0, 0.05) is 6.04 Å². The van der Waals surface area contributed by atoms with Crippen molar-refractivity contribution in [3.63, 3.8) is 0 Å². The summed E-state index contributed by atoms with van der Waals surface area (Å²) in [4.78, 5) is 10.7. The Labute approximate surface area is 86.7 Å². The van der Waals surface area contributed by atoms with Gasteiger partial charge in [0.2, 0.25) is 0 Å². The maximum Gasteiger partial charge on any atom is 0.338 e. The lowest BCUT2D eigenvalue weighted by Gasteiger charge is -2.22. The van der Waals surface area contributed by atoms with Gasteiger partial charge in [0.25, 0.3) is 0 Å². The van der Waals surface area contributed by atoms with E-state index in [1.54, 1.807) is 0 Å².